The van der Waals surface area contributed by atoms with Gasteiger partial charge in [0.25, 0.3) is 0 Å². The average Bonchev–Trinajstić information content (AvgIpc) is 2.39. The fraction of sp³-hybridized carbons (Fsp3) is 0.0667. The maximum Gasteiger partial charge on any atom is 0.184 e. The Labute approximate surface area is 94.7 Å². The van der Waals surface area contributed by atoms with Crippen LogP contribution in [0.1, 0.15) is 17.2 Å². The van der Waals surface area contributed by atoms with Gasteiger partial charge in [-0.2, -0.15) is 0 Å². The highest BCUT2D eigenvalue weighted by Crippen LogP contribution is 2.27. The van der Waals surface area contributed by atoms with Gasteiger partial charge in [-0.15, -0.1) is 0 Å². The van der Waals surface area contributed by atoms with Crippen LogP contribution in [0.2, 0.25) is 0 Å². The molecule has 1 heteroatoms. The highest BCUT2D eigenvalue weighted by molar-refractivity contribution is 5.50. The van der Waals surface area contributed by atoms with Crippen LogP contribution in [0.15, 0.2) is 54.6 Å². The second-order valence-electron chi connectivity index (χ2n) is 3.67. The molecule has 0 fully saturated rings. The molecule has 1 heterocycles. The standard InChI is InChI=1S/C15H10O/c1-2-6-12(7-3-1)15-11-10-13-8-4-5-9-14(13)16-15/h1-9,15H. The van der Waals surface area contributed by atoms with Gasteiger partial charge in [-0.3, -0.25) is 0 Å². The zero-order valence-corrected chi connectivity index (χ0v) is 8.68. The van der Waals surface area contributed by atoms with Crippen molar-refractivity contribution in [3.63, 3.8) is 0 Å². The van der Waals surface area contributed by atoms with Crippen LogP contribution in [0.4, 0.5) is 0 Å². The topological polar surface area (TPSA) is 9.23 Å². The molecule has 2 aromatic carbocycles. The number of para-hydroxylation sites is 1. The van der Waals surface area contributed by atoms with E-state index >= 15 is 0 Å². The Morgan fingerprint density at radius 3 is 2.50 bits per heavy atom. The molecule has 0 bridgehead atoms. The first-order valence-electron chi connectivity index (χ1n) is 5.26. The van der Waals surface area contributed by atoms with Gasteiger partial charge in [0.05, 0.1) is 5.56 Å². The molecule has 0 N–H and O–H groups in total. The van der Waals surface area contributed by atoms with E-state index in [1.165, 1.54) is 0 Å². The molecule has 0 saturated heterocycles. The van der Waals surface area contributed by atoms with E-state index in [1.54, 1.807) is 0 Å². The molecule has 0 saturated carbocycles. The summed E-state index contributed by atoms with van der Waals surface area (Å²) in [5.41, 5.74) is 2.07. The summed E-state index contributed by atoms with van der Waals surface area (Å²) in [4.78, 5) is 0. The second-order valence-corrected chi connectivity index (χ2v) is 3.67. The summed E-state index contributed by atoms with van der Waals surface area (Å²) in [6.45, 7) is 0. The number of hydrogen-bond donors (Lipinski definition) is 0. The molecule has 1 aliphatic heterocycles. The van der Waals surface area contributed by atoms with Crippen LogP contribution in [0.25, 0.3) is 0 Å². The summed E-state index contributed by atoms with van der Waals surface area (Å²) in [7, 11) is 0. The first-order valence-corrected chi connectivity index (χ1v) is 5.26. The molecule has 3 rings (SSSR count). The van der Waals surface area contributed by atoms with Gasteiger partial charge < -0.3 is 4.74 Å². The first kappa shape index (κ1) is 9.06. The normalized spacial score (nSPS) is 16.6. The van der Waals surface area contributed by atoms with Gasteiger partial charge in [0, 0.05) is 5.56 Å². The lowest BCUT2D eigenvalue weighted by molar-refractivity contribution is 0.261. The maximum atomic E-state index is 5.84. The van der Waals surface area contributed by atoms with Crippen LogP contribution < -0.4 is 4.74 Å². The Kier molecular flexibility index (Phi) is 2.12. The molecule has 2 aromatic rings. The predicted octanol–water partition coefficient (Wildman–Crippen LogP) is 3.17. The molecular formula is C15H10O. The third-order valence-electron chi connectivity index (χ3n) is 2.57. The summed E-state index contributed by atoms with van der Waals surface area (Å²) in [5, 5.41) is 0. The Morgan fingerprint density at radius 2 is 1.62 bits per heavy atom. The van der Waals surface area contributed by atoms with Crippen molar-refractivity contribution in [3.8, 4) is 17.6 Å². The van der Waals surface area contributed by atoms with Crippen LogP contribution in [0, 0.1) is 11.8 Å². The highest BCUT2D eigenvalue weighted by atomic mass is 16.5. The van der Waals surface area contributed by atoms with E-state index in [1.807, 2.05) is 54.6 Å². The van der Waals surface area contributed by atoms with E-state index in [0.717, 1.165) is 16.9 Å². The molecule has 0 spiro atoms. The largest absolute Gasteiger partial charge is 0.472 e. The van der Waals surface area contributed by atoms with Gasteiger partial charge in [0.2, 0.25) is 0 Å². The number of benzene rings is 2. The monoisotopic (exact) mass is 206 g/mol. The Bertz CT molecular complexity index is 561. The minimum absolute atomic E-state index is 0.143. The zero-order chi connectivity index (χ0) is 10.8. The SMILES string of the molecule is C1#CC(c2ccccc2)Oc2ccccc21. The van der Waals surface area contributed by atoms with Gasteiger partial charge in [0.1, 0.15) is 5.75 Å². The molecule has 1 nitrogen and oxygen atoms in total. The van der Waals surface area contributed by atoms with Crippen molar-refractivity contribution in [2.75, 3.05) is 0 Å². The minimum Gasteiger partial charge on any atom is -0.472 e. The predicted molar refractivity (Wildman–Crippen MR) is 63.1 cm³/mol. The molecule has 1 atom stereocenters. The van der Waals surface area contributed by atoms with E-state index in [9.17, 15) is 0 Å². The van der Waals surface area contributed by atoms with Crippen LogP contribution in [-0.2, 0) is 0 Å². The van der Waals surface area contributed by atoms with Crippen molar-refractivity contribution in [3.05, 3.63) is 65.7 Å². The summed E-state index contributed by atoms with van der Waals surface area (Å²) in [5.74, 6) is 7.13. The fourth-order valence-corrected chi connectivity index (χ4v) is 1.75. The fourth-order valence-electron chi connectivity index (χ4n) is 1.75. The Hall–Kier alpha value is -2.20. The van der Waals surface area contributed by atoms with E-state index in [0.29, 0.717) is 0 Å². The van der Waals surface area contributed by atoms with Crippen LogP contribution >= 0.6 is 0 Å². The smallest absolute Gasteiger partial charge is 0.184 e. The molecule has 0 radical (unpaired) electrons. The third kappa shape index (κ3) is 1.55. The Morgan fingerprint density at radius 1 is 0.875 bits per heavy atom. The van der Waals surface area contributed by atoms with Crippen molar-refractivity contribution in [1.82, 2.24) is 0 Å². The lowest BCUT2D eigenvalue weighted by Crippen LogP contribution is -2.09. The number of hydrogen-bond acceptors (Lipinski definition) is 1. The first-order chi connectivity index (χ1) is 7.93. The van der Waals surface area contributed by atoms with Crippen molar-refractivity contribution < 1.29 is 4.74 Å². The van der Waals surface area contributed by atoms with Gasteiger partial charge in [0.15, 0.2) is 6.10 Å². The lowest BCUT2D eigenvalue weighted by atomic mass is 10.1. The molecule has 0 amide bonds. The van der Waals surface area contributed by atoms with Crippen molar-refractivity contribution >= 4 is 0 Å². The van der Waals surface area contributed by atoms with Crippen molar-refractivity contribution in [1.29, 1.82) is 0 Å². The quantitative estimate of drug-likeness (QED) is 0.651. The summed E-state index contributed by atoms with van der Waals surface area (Å²) in [6.07, 6.45) is -0.143. The van der Waals surface area contributed by atoms with E-state index < -0.39 is 0 Å². The minimum atomic E-state index is -0.143. The van der Waals surface area contributed by atoms with Crippen LogP contribution in [-0.4, -0.2) is 0 Å². The number of rotatable bonds is 1. The van der Waals surface area contributed by atoms with Gasteiger partial charge in [-0.05, 0) is 18.1 Å². The zero-order valence-electron chi connectivity index (χ0n) is 8.68. The third-order valence-corrected chi connectivity index (χ3v) is 2.57. The molecule has 76 valence electrons. The van der Waals surface area contributed by atoms with Crippen LogP contribution in [0.5, 0.6) is 5.75 Å². The molecule has 16 heavy (non-hydrogen) atoms. The summed E-state index contributed by atoms with van der Waals surface area (Å²) >= 11 is 0. The molecule has 0 aromatic heterocycles. The van der Waals surface area contributed by atoms with Crippen molar-refractivity contribution in [2.45, 2.75) is 6.10 Å². The highest BCUT2D eigenvalue weighted by Gasteiger charge is 2.15. The summed E-state index contributed by atoms with van der Waals surface area (Å²) in [6, 6.07) is 17.9. The van der Waals surface area contributed by atoms with E-state index in [4.69, 9.17) is 4.74 Å². The second kappa shape index (κ2) is 3.75. The number of ether oxygens (including phenoxy) is 1. The molecular weight excluding hydrogens is 196 g/mol. The van der Waals surface area contributed by atoms with Gasteiger partial charge >= 0.3 is 0 Å². The lowest BCUT2D eigenvalue weighted by Gasteiger charge is -2.18. The molecule has 0 aliphatic carbocycles. The summed E-state index contributed by atoms with van der Waals surface area (Å²) < 4.78 is 5.84. The van der Waals surface area contributed by atoms with Crippen LogP contribution in [0.3, 0.4) is 0 Å². The molecule has 1 aliphatic rings. The number of fused-ring (bicyclic) bond motifs is 1. The van der Waals surface area contributed by atoms with Crippen molar-refractivity contribution in [2.24, 2.45) is 0 Å². The molecule has 1 unspecified atom stereocenters. The maximum absolute atomic E-state index is 5.84. The van der Waals surface area contributed by atoms with E-state index in [2.05, 4.69) is 11.8 Å². The van der Waals surface area contributed by atoms with Gasteiger partial charge in [-0.1, -0.05) is 48.4 Å². The average molecular weight is 206 g/mol. The van der Waals surface area contributed by atoms with E-state index in [-0.39, 0.29) is 6.10 Å². The van der Waals surface area contributed by atoms with Gasteiger partial charge in [-0.25, -0.2) is 0 Å². The Balaban J connectivity index is 1.98.